The molecule has 0 radical (unpaired) electrons. The van der Waals surface area contributed by atoms with Crippen molar-refractivity contribution in [2.75, 3.05) is 0 Å². The zero-order valence-electron chi connectivity index (χ0n) is 15.1. The van der Waals surface area contributed by atoms with Crippen molar-refractivity contribution in [2.24, 2.45) is 0 Å². The van der Waals surface area contributed by atoms with Crippen LogP contribution in [-0.2, 0) is 0 Å². The lowest BCUT2D eigenvalue weighted by Gasteiger charge is -2.01. The van der Waals surface area contributed by atoms with Gasteiger partial charge in [0.1, 0.15) is 5.69 Å². The van der Waals surface area contributed by atoms with E-state index in [-0.39, 0.29) is 0 Å². The predicted octanol–water partition coefficient (Wildman–Crippen LogP) is 5.29. The molecule has 138 valence electrons. The number of H-pyrrole nitrogens is 2. The van der Waals surface area contributed by atoms with Crippen LogP contribution in [0, 0.1) is 0 Å². The van der Waals surface area contributed by atoms with Gasteiger partial charge in [0.25, 0.3) is 0 Å². The normalized spacial score (nSPS) is 11.4. The molecule has 7 heteroatoms. The fraction of sp³-hybridized carbons (Fsp3) is 0. The molecule has 0 saturated heterocycles. The van der Waals surface area contributed by atoms with Crippen LogP contribution in [0.3, 0.4) is 0 Å². The van der Waals surface area contributed by atoms with E-state index in [4.69, 9.17) is 4.98 Å². The third-order valence-corrected chi connectivity index (χ3v) is 5.66. The third kappa shape index (κ3) is 2.63. The van der Waals surface area contributed by atoms with Crippen molar-refractivity contribution in [1.82, 2.24) is 30.1 Å². The lowest BCUT2D eigenvalue weighted by molar-refractivity contribution is 1.10. The summed E-state index contributed by atoms with van der Waals surface area (Å²) in [7, 11) is 0. The summed E-state index contributed by atoms with van der Waals surface area (Å²) < 4.78 is 0. The Hall–Kier alpha value is -3.84. The van der Waals surface area contributed by atoms with E-state index in [1.54, 1.807) is 23.7 Å². The minimum Gasteiger partial charge on any atom is -0.335 e. The molecule has 0 unspecified atom stereocenters. The van der Waals surface area contributed by atoms with Gasteiger partial charge in [-0.2, -0.15) is 16.4 Å². The molecule has 0 bridgehead atoms. The summed E-state index contributed by atoms with van der Waals surface area (Å²) in [6.07, 6.45) is 3.59. The number of aromatic nitrogens is 6. The number of pyridine rings is 2. The molecular weight excluding hydrogens is 380 g/mol. The molecule has 0 atom stereocenters. The molecule has 2 N–H and O–H groups in total. The molecule has 0 amide bonds. The van der Waals surface area contributed by atoms with Crippen molar-refractivity contribution in [3.05, 3.63) is 71.7 Å². The molecule has 6 rings (SSSR count). The van der Waals surface area contributed by atoms with Crippen molar-refractivity contribution < 1.29 is 0 Å². The topological polar surface area (TPSA) is 83.1 Å². The Kier molecular flexibility index (Phi) is 3.54. The van der Waals surface area contributed by atoms with Gasteiger partial charge in [-0.05, 0) is 52.7 Å². The summed E-state index contributed by atoms with van der Waals surface area (Å²) in [5.41, 5.74) is 7.52. The molecule has 1 aromatic carbocycles. The first-order valence-electron chi connectivity index (χ1n) is 9.14. The molecule has 0 saturated carbocycles. The largest absolute Gasteiger partial charge is 0.335 e. The number of nitrogens with one attached hydrogen (secondary N) is 2. The third-order valence-electron chi connectivity index (χ3n) is 4.97. The highest BCUT2D eigenvalue weighted by Gasteiger charge is 2.16. The first kappa shape index (κ1) is 16.1. The minimum atomic E-state index is 0.681. The van der Waals surface area contributed by atoms with Crippen LogP contribution in [0.15, 0.2) is 71.7 Å². The second-order valence-corrected chi connectivity index (χ2v) is 7.48. The van der Waals surface area contributed by atoms with E-state index in [1.807, 2.05) is 36.4 Å². The number of imidazole rings is 1. The van der Waals surface area contributed by atoms with E-state index in [1.165, 1.54) is 0 Å². The van der Waals surface area contributed by atoms with Crippen LogP contribution >= 0.6 is 11.3 Å². The number of thiophene rings is 1. The van der Waals surface area contributed by atoms with Crippen molar-refractivity contribution in [3.8, 4) is 33.9 Å². The number of hydrogen-bond donors (Lipinski definition) is 2. The Morgan fingerprint density at radius 2 is 1.90 bits per heavy atom. The Labute approximate surface area is 169 Å². The standard InChI is InChI=1S/C22H14N6S/c1-2-8-23-17(3-1)13-4-5-18-16(11-13)20(28-27-18)22-25-19-15(14-7-10-29-12-14)6-9-24-21(19)26-22/h1-12H,(H,27,28)(H,24,25,26). The van der Waals surface area contributed by atoms with Crippen molar-refractivity contribution in [3.63, 3.8) is 0 Å². The van der Waals surface area contributed by atoms with Gasteiger partial charge >= 0.3 is 0 Å². The maximum absolute atomic E-state index is 4.72. The fourth-order valence-corrected chi connectivity index (χ4v) is 4.22. The molecule has 0 aliphatic heterocycles. The molecular formula is C22H14N6S. The first-order chi connectivity index (χ1) is 14.4. The zero-order valence-corrected chi connectivity index (χ0v) is 15.9. The maximum atomic E-state index is 4.72. The van der Waals surface area contributed by atoms with E-state index >= 15 is 0 Å². The highest BCUT2D eigenvalue weighted by atomic mass is 32.1. The van der Waals surface area contributed by atoms with Crippen molar-refractivity contribution in [2.45, 2.75) is 0 Å². The van der Waals surface area contributed by atoms with Crippen LogP contribution in [0.5, 0.6) is 0 Å². The number of rotatable bonds is 3. The van der Waals surface area contributed by atoms with E-state index in [9.17, 15) is 0 Å². The number of benzene rings is 1. The molecule has 5 heterocycles. The van der Waals surface area contributed by atoms with Gasteiger partial charge in [0.05, 0.1) is 16.7 Å². The predicted molar refractivity (Wildman–Crippen MR) is 116 cm³/mol. The molecule has 6 nitrogen and oxygen atoms in total. The molecule has 5 aromatic heterocycles. The number of fused-ring (bicyclic) bond motifs is 2. The first-order valence-corrected chi connectivity index (χ1v) is 10.1. The van der Waals surface area contributed by atoms with E-state index in [0.29, 0.717) is 11.5 Å². The quantitative estimate of drug-likeness (QED) is 0.427. The van der Waals surface area contributed by atoms with Crippen LogP contribution < -0.4 is 0 Å². The molecule has 0 fully saturated rings. The molecule has 0 aliphatic rings. The summed E-state index contributed by atoms with van der Waals surface area (Å²) in [5.74, 6) is 0.694. The number of aromatic amines is 2. The SMILES string of the molecule is c1ccc(-c2ccc3[nH]nc(-c4nc5nccc(-c6ccsc6)c5[nH]4)c3c2)nc1. The summed E-state index contributed by atoms with van der Waals surface area (Å²) in [5, 5.41) is 12.8. The molecule has 6 aromatic rings. The van der Waals surface area contributed by atoms with Gasteiger partial charge in [-0.1, -0.05) is 12.1 Å². The van der Waals surface area contributed by atoms with Gasteiger partial charge in [-0.15, -0.1) is 0 Å². The number of nitrogens with zero attached hydrogens (tertiary/aromatic N) is 4. The van der Waals surface area contributed by atoms with Crippen molar-refractivity contribution >= 4 is 33.4 Å². The molecule has 0 spiro atoms. The van der Waals surface area contributed by atoms with Gasteiger partial charge in [-0.25, -0.2) is 9.97 Å². The van der Waals surface area contributed by atoms with Crippen molar-refractivity contribution in [1.29, 1.82) is 0 Å². The number of hydrogen-bond acceptors (Lipinski definition) is 5. The van der Waals surface area contributed by atoms with Crippen LogP contribution in [0.2, 0.25) is 0 Å². The van der Waals surface area contributed by atoms with Crippen LogP contribution in [0.1, 0.15) is 0 Å². The maximum Gasteiger partial charge on any atom is 0.178 e. The van der Waals surface area contributed by atoms with Gasteiger partial charge < -0.3 is 4.98 Å². The minimum absolute atomic E-state index is 0.681. The van der Waals surface area contributed by atoms with Gasteiger partial charge in [-0.3, -0.25) is 10.1 Å². The molecule has 29 heavy (non-hydrogen) atoms. The van der Waals surface area contributed by atoms with Gasteiger partial charge in [0.15, 0.2) is 11.5 Å². The fourth-order valence-electron chi connectivity index (χ4n) is 3.57. The Balaban J connectivity index is 1.53. The van der Waals surface area contributed by atoms with Crippen LogP contribution in [0.4, 0.5) is 0 Å². The highest BCUT2D eigenvalue weighted by molar-refractivity contribution is 7.08. The van der Waals surface area contributed by atoms with Crippen LogP contribution in [-0.4, -0.2) is 30.1 Å². The lowest BCUT2D eigenvalue weighted by atomic mass is 10.1. The summed E-state index contributed by atoms with van der Waals surface area (Å²) >= 11 is 1.67. The van der Waals surface area contributed by atoms with E-state index in [2.05, 4.69) is 48.0 Å². The average Bonchev–Trinajstić information content (AvgIpc) is 3.52. The monoisotopic (exact) mass is 394 g/mol. The Bertz CT molecular complexity index is 1450. The smallest absolute Gasteiger partial charge is 0.178 e. The summed E-state index contributed by atoms with van der Waals surface area (Å²) in [4.78, 5) is 17.1. The summed E-state index contributed by atoms with van der Waals surface area (Å²) in [6, 6.07) is 16.2. The van der Waals surface area contributed by atoms with Crippen LogP contribution in [0.25, 0.3) is 56.0 Å². The van der Waals surface area contributed by atoms with E-state index < -0.39 is 0 Å². The second-order valence-electron chi connectivity index (χ2n) is 6.70. The molecule has 0 aliphatic carbocycles. The van der Waals surface area contributed by atoms with E-state index in [0.717, 1.165) is 44.5 Å². The second kappa shape index (κ2) is 6.35. The highest BCUT2D eigenvalue weighted by Crippen LogP contribution is 2.32. The average molecular weight is 394 g/mol. The van der Waals surface area contributed by atoms with Gasteiger partial charge in [0.2, 0.25) is 0 Å². The Morgan fingerprint density at radius 1 is 0.897 bits per heavy atom. The summed E-state index contributed by atoms with van der Waals surface area (Å²) in [6.45, 7) is 0. The Morgan fingerprint density at radius 3 is 2.76 bits per heavy atom. The zero-order chi connectivity index (χ0) is 19.2. The van der Waals surface area contributed by atoms with Gasteiger partial charge in [0, 0.05) is 28.9 Å². The lowest BCUT2D eigenvalue weighted by Crippen LogP contribution is -1.84.